The minimum atomic E-state index is -0.248. The zero-order valence-corrected chi connectivity index (χ0v) is 13.2. The van der Waals surface area contributed by atoms with Crippen molar-refractivity contribution < 1.29 is 13.9 Å². The number of benzene rings is 1. The lowest BCUT2D eigenvalue weighted by atomic mass is 10.2. The van der Waals surface area contributed by atoms with Crippen LogP contribution in [0.15, 0.2) is 22.7 Å². The number of amides is 1. The van der Waals surface area contributed by atoms with Gasteiger partial charge in [-0.1, -0.05) is 22.0 Å². The number of carbonyl (C=O) groups is 1. The Morgan fingerprint density at radius 2 is 2.32 bits per heavy atom. The van der Waals surface area contributed by atoms with Crippen LogP contribution in [0.4, 0.5) is 4.39 Å². The molecule has 0 aliphatic carbocycles. The van der Waals surface area contributed by atoms with Crippen LogP contribution in [0.2, 0.25) is 0 Å². The molecule has 0 aromatic heterocycles. The van der Waals surface area contributed by atoms with Gasteiger partial charge in [0.2, 0.25) is 5.91 Å². The summed E-state index contributed by atoms with van der Waals surface area (Å²) in [6.45, 7) is 1.25. The number of methoxy groups -OCH3 is 1. The molecule has 0 atom stereocenters. The Bertz CT molecular complexity index is 418. The van der Waals surface area contributed by atoms with Gasteiger partial charge in [0.1, 0.15) is 5.82 Å². The minimum absolute atomic E-state index is 0.0291. The third kappa shape index (κ3) is 6.94. The second-order valence-corrected chi connectivity index (χ2v) is 5.83. The van der Waals surface area contributed by atoms with Crippen molar-refractivity contribution in [1.29, 1.82) is 0 Å². The van der Waals surface area contributed by atoms with Gasteiger partial charge in [-0.2, -0.15) is 0 Å². The van der Waals surface area contributed by atoms with E-state index in [4.69, 9.17) is 4.74 Å². The summed E-state index contributed by atoms with van der Waals surface area (Å²) in [5, 5.41) is 2.79. The lowest BCUT2D eigenvalue weighted by Crippen LogP contribution is -2.26. The van der Waals surface area contributed by atoms with Gasteiger partial charge in [0.15, 0.2) is 0 Å². The smallest absolute Gasteiger partial charge is 0.230 e. The summed E-state index contributed by atoms with van der Waals surface area (Å²) in [5.74, 6) is 0.550. The predicted octanol–water partition coefficient (Wildman–Crippen LogP) is 2.97. The minimum Gasteiger partial charge on any atom is -0.385 e. The Morgan fingerprint density at radius 1 is 1.53 bits per heavy atom. The van der Waals surface area contributed by atoms with Gasteiger partial charge in [-0.3, -0.25) is 4.79 Å². The molecule has 1 aromatic carbocycles. The molecule has 0 heterocycles. The highest BCUT2D eigenvalue weighted by molar-refractivity contribution is 9.10. The third-order valence-electron chi connectivity index (χ3n) is 2.35. The molecule has 0 spiro atoms. The molecule has 1 rings (SSSR count). The summed E-state index contributed by atoms with van der Waals surface area (Å²) in [7, 11) is 1.63. The van der Waals surface area contributed by atoms with Crippen LogP contribution in [0.25, 0.3) is 0 Å². The topological polar surface area (TPSA) is 38.3 Å². The van der Waals surface area contributed by atoms with Crippen LogP contribution < -0.4 is 5.32 Å². The number of carbonyl (C=O) groups excluding carboxylic acids is 1. The van der Waals surface area contributed by atoms with Crippen LogP contribution >= 0.6 is 27.7 Å². The first-order valence-electron chi connectivity index (χ1n) is 5.91. The van der Waals surface area contributed by atoms with E-state index in [0.29, 0.717) is 30.2 Å². The van der Waals surface area contributed by atoms with Gasteiger partial charge < -0.3 is 10.1 Å². The molecular weight excluding hydrogens is 333 g/mol. The SMILES string of the molecule is COCCCNC(=O)CSCc1ccc(Br)cc1F. The molecule has 0 fully saturated rings. The number of ether oxygens (including phenoxy) is 1. The largest absolute Gasteiger partial charge is 0.385 e. The first-order chi connectivity index (χ1) is 9.13. The zero-order chi connectivity index (χ0) is 14.1. The molecule has 0 bridgehead atoms. The number of hydrogen-bond acceptors (Lipinski definition) is 3. The van der Waals surface area contributed by atoms with Crippen LogP contribution in [0.3, 0.4) is 0 Å². The van der Waals surface area contributed by atoms with Gasteiger partial charge in [0.25, 0.3) is 0 Å². The highest BCUT2D eigenvalue weighted by atomic mass is 79.9. The first-order valence-corrected chi connectivity index (χ1v) is 7.85. The van der Waals surface area contributed by atoms with Gasteiger partial charge in [-0.05, 0) is 24.1 Å². The highest BCUT2D eigenvalue weighted by Gasteiger charge is 2.05. The Morgan fingerprint density at radius 3 is 3.00 bits per heavy atom. The highest BCUT2D eigenvalue weighted by Crippen LogP contribution is 2.19. The van der Waals surface area contributed by atoms with E-state index < -0.39 is 0 Å². The Kier molecular flexibility index (Phi) is 8.09. The van der Waals surface area contributed by atoms with Gasteiger partial charge >= 0.3 is 0 Å². The summed E-state index contributed by atoms with van der Waals surface area (Å²) in [6, 6.07) is 4.95. The van der Waals surface area contributed by atoms with Gasteiger partial charge in [-0.15, -0.1) is 11.8 Å². The lowest BCUT2D eigenvalue weighted by Gasteiger charge is -2.06. The van der Waals surface area contributed by atoms with Crippen LogP contribution in [-0.2, 0) is 15.3 Å². The van der Waals surface area contributed by atoms with Crippen LogP contribution in [-0.4, -0.2) is 31.9 Å². The fourth-order valence-electron chi connectivity index (χ4n) is 1.39. The molecule has 0 aliphatic rings. The number of rotatable bonds is 8. The molecule has 0 unspecified atom stereocenters. The fraction of sp³-hybridized carbons (Fsp3) is 0.462. The summed E-state index contributed by atoms with van der Waals surface area (Å²) in [4.78, 5) is 11.5. The fourth-order valence-corrected chi connectivity index (χ4v) is 2.56. The summed E-state index contributed by atoms with van der Waals surface area (Å²) in [5.41, 5.74) is 0.611. The molecule has 1 N–H and O–H groups in total. The molecule has 1 amide bonds. The van der Waals surface area contributed by atoms with E-state index in [1.807, 2.05) is 0 Å². The van der Waals surface area contributed by atoms with Crippen molar-refractivity contribution in [2.75, 3.05) is 26.0 Å². The third-order valence-corrected chi connectivity index (χ3v) is 3.83. The van der Waals surface area contributed by atoms with E-state index in [1.165, 1.54) is 17.8 Å². The standard InChI is InChI=1S/C13H17BrFNO2S/c1-18-6-2-5-16-13(17)9-19-8-10-3-4-11(14)7-12(10)15/h3-4,7H,2,5-6,8-9H2,1H3,(H,16,17). The molecular formula is C13H17BrFNO2S. The maximum Gasteiger partial charge on any atom is 0.230 e. The predicted molar refractivity (Wildman–Crippen MR) is 79.8 cm³/mol. The van der Waals surface area contributed by atoms with Gasteiger partial charge in [0, 0.05) is 30.5 Å². The van der Waals surface area contributed by atoms with Crippen LogP contribution in [0.5, 0.6) is 0 Å². The van der Waals surface area contributed by atoms with Crippen molar-refractivity contribution in [2.24, 2.45) is 0 Å². The van der Waals surface area contributed by atoms with Crippen LogP contribution in [0, 0.1) is 5.82 Å². The second kappa shape index (κ2) is 9.34. The Hall–Kier alpha value is -0.590. The quantitative estimate of drug-likeness (QED) is 0.733. The molecule has 0 aliphatic heterocycles. The monoisotopic (exact) mass is 349 g/mol. The van der Waals surface area contributed by atoms with Gasteiger partial charge in [0.05, 0.1) is 5.75 Å². The van der Waals surface area contributed by atoms with E-state index in [2.05, 4.69) is 21.2 Å². The zero-order valence-electron chi connectivity index (χ0n) is 10.7. The van der Waals surface area contributed by atoms with Crippen molar-refractivity contribution in [3.63, 3.8) is 0 Å². The van der Waals surface area contributed by atoms with Crippen molar-refractivity contribution in [3.05, 3.63) is 34.1 Å². The summed E-state index contributed by atoms with van der Waals surface area (Å²) >= 11 is 4.61. The normalized spacial score (nSPS) is 10.5. The van der Waals surface area contributed by atoms with Crippen molar-refractivity contribution in [1.82, 2.24) is 5.32 Å². The van der Waals surface area contributed by atoms with E-state index in [9.17, 15) is 9.18 Å². The Labute approximate surface area is 125 Å². The average molecular weight is 350 g/mol. The van der Waals surface area contributed by atoms with Crippen molar-refractivity contribution in [2.45, 2.75) is 12.2 Å². The molecule has 19 heavy (non-hydrogen) atoms. The molecule has 0 radical (unpaired) electrons. The number of hydrogen-bond donors (Lipinski definition) is 1. The molecule has 1 aromatic rings. The molecule has 106 valence electrons. The van der Waals surface area contributed by atoms with Crippen molar-refractivity contribution in [3.8, 4) is 0 Å². The maximum absolute atomic E-state index is 13.5. The molecule has 0 saturated carbocycles. The van der Waals surface area contributed by atoms with Crippen molar-refractivity contribution >= 4 is 33.6 Å². The second-order valence-electron chi connectivity index (χ2n) is 3.92. The van der Waals surface area contributed by atoms with E-state index >= 15 is 0 Å². The summed E-state index contributed by atoms with van der Waals surface area (Å²) in [6.07, 6.45) is 0.800. The number of halogens is 2. The lowest BCUT2D eigenvalue weighted by molar-refractivity contribution is -0.118. The van der Waals surface area contributed by atoms with Gasteiger partial charge in [-0.25, -0.2) is 4.39 Å². The molecule has 6 heteroatoms. The number of nitrogens with one attached hydrogen (secondary N) is 1. The Balaban J connectivity index is 2.20. The summed E-state index contributed by atoms with van der Waals surface area (Å²) < 4.78 is 19.1. The van der Waals surface area contributed by atoms with E-state index in [1.54, 1.807) is 19.2 Å². The maximum atomic E-state index is 13.5. The average Bonchev–Trinajstić information content (AvgIpc) is 2.37. The first kappa shape index (κ1) is 16.5. The van der Waals surface area contributed by atoms with E-state index in [0.717, 1.165) is 10.9 Å². The van der Waals surface area contributed by atoms with Crippen LogP contribution in [0.1, 0.15) is 12.0 Å². The molecule has 0 saturated heterocycles. The number of thioether (sulfide) groups is 1. The molecule has 3 nitrogen and oxygen atoms in total. The van der Waals surface area contributed by atoms with E-state index in [-0.39, 0.29) is 11.7 Å².